The molecule has 0 aliphatic heterocycles. The van der Waals surface area contributed by atoms with Crippen molar-refractivity contribution in [1.82, 2.24) is 38.2 Å². The summed E-state index contributed by atoms with van der Waals surface area (Å²) in [5, 5.41) is 0. The molecule has 0 saturated carbocycles. The van der Waals surface area contributed by atoms with Crippen LogP contribution in [0.3, 0.4) is 0 Å². The van der Waals surface area contributed by atoms with Gasteiger partial charge in [0.15, 0.2) is 0 Å². The summed E-state index contributed by atoms with van der Waals surface area (Å²) in [4.78, 5) is 19.1. The number of aromatic nitrogens is 12. The number of hydrogen-bond acceptors (Lipinski definition) is 4. The van der Waals surface area contributed by atoms with Gasteiger partial charge in [-0.05, 0) is 168 Å². The fraction of sp³-hybridized carbons (Fsp3) is 0.210. The van der Waals surface area contributed by atoms with Crippen molar-refractivity contribution in [3.05, 3.63) is 263 Å². The molecule has 93 heavy (non-hydrogen) atoms. The molecule has 12 nitrogen and oxygen atoms in total. The van der Waals surface area contributed by atoms with Crippen molar-refractivity contribution in [2.24, 2.45) is 56.4 Å². The van der Waals surface area contributed by atoms with E-state index in [1.54, 1.807) is 0 Å². The van der Waals surface area contributed by atoms with Crippen molar-refractivity contribution in [1.29, 1.82) is 0 Å². The molecule has 0 atom stereocenters. The molecule has 14 rings (SSSR count). The lowest BCUT2D eigenvalue weighted by Crippen LogP contribution is -2.34. The summed E-state index contributed by atoms with van der Waals surface area (Å²) in [6.07, 6.45) is 2.05. The Morgan fingerprint density at radius 1 is 0.280 bits per heavy atom. The second kappa shape index (κ2) is 27.0. The quantitative estimate of drug-likeness (QED) is 0.142. The number of benzene rings is 6. The van der Waals surface area contributed by atoms with Crippen LogP contribution in [-0.2, 0) is 56.4 Å². The first-order valence-corrected chi connectivity index (χ1v) is 31.8. The van der Waals surface area contributed by atoms with Crippen LogP contribution in [0.1, 0.15) is 50.5 Å². The number of pyridine rings is 4. The molecular weight excluding hydrogens is 1140 g/mol. The van der Waals surface area contributed by atoms with E-state index in [4.69, 9.17) is 15.0 Å². The number of hydrogen-bond donors (Lipinski definition) is 0. The van der Waals surface area contributed by atoms with E-state index >= 15 is 0 Å². The molecule has 0 amide bonds. The molecule has 12 heteroatoms. The van der Waals surface area contributed by atoms with Gasteiger partial charge in [-0.25, -0.2) is 19.9 Å². The Morgan fingerprint density at radius 3 is 0.968 bits per heavy atom. The summed E-state index contributed by atoms with van der Waals surface area (Å²) in [5.41, 5.74) is 29.7. The number of para-hydroxylation sites is 4. The number of rotatable bonds is 8. The second-order valence-electron chi connectivity index (χ2n) is 24.6. The molecule has 0 radical (unpaired) electrons. The van der Waals surface area contributed by atoms with Gasteiger partial charge in [-0.2, -0.15) is 18.3 Å². The summed E-state index contributed by atoms with van der Waals surface area (Å²) in [6.45, 7) is 19.2. The third-order valence-corrected chi connectivity index (χ3v) is 18.4. The van der Waals surface area contributed by atoms with Crippen molar-refractivity contribution < 1.29 is 18.3 Å². The van der Waals surface area contributed by atoms with Crippen molar-refractivity contribution in [2.75, 3.05) is 0 Å². The molecule has 8 heterocycles. The van der Waals surface area contributed by atoms with Crippen molar-refractivity contribution >= 4 is 22.1 Å². The van der Waals surface area contributed by atoms with Gasteiger partial charge < -0.3 is 18.3 Å². The third-order valence-electron chi connectivity index (χ3n) is 18.4. The van der Waals surface area contributed by atoms with Crippen molar-refractivity contribution in [3.8, 4) is 91.1 Å². The largest absolute Gasteiger partial charge is 0.329 e. The molecule has 0 bridgehead atoms. The Balaban J connectivity index is 0.000000127. The normalized spacial score (nSPS) is 11.1. The van der Waals surface area contributed by atoms with Crippen LogP contribution in [0.2, 0.25) is 0 Å². The van der Waals surface area contributed by atoms with Crippen LogP contribution < -0.4 is 18.3 Å². The van der Waals surface area contributed by atoms with Gasteiger partial charge in [-0.15, -0.1) is 0 Å². The lowest BCUT2D eigenvalue weighted by atomic mass is 9.98. The van der Waals surface area contributed by atoms with Gasteiger partial charge in [0.1, 0.15) is 28.2 Å². The van der Waals surface area contributed by atoms with Gasteiger partial charge in [-0.3, -0.25) is 0 Å². The van der Waals surface area contributed by atoms with E-state index < -0.39 is 0 Å². The smallest absolute Gasteiger partial charge is 0.248 e. The summed E-state index contributed by atoms with van der Waals surface area (Å²) in [5.74, 6) is 3.96. The minimum atomic E-state index is 0.981. The molecule has 0 spiro atoms. The van der Waals surface area contributed by atoms with Crippen LogP contribution in [0.25, 0.3) is 113 Å². The Hall–Kier alpha value is -10.7. The zero-order valence-corrected chi connectivity index (χ0v) is 57.1. The van der Waals surface area contributed by atoms with E-state index in [0.29, 0.717) is 0 Å². The predicted octanol–water partition coefficient (Wildman–Crippen LogP) is 15.4. The molecule has 0 aliphatic carbocycles. The first-order chi connectivity index (χ1) is 44.7. The van der Waals surface area contributed by atoms with Gasteiger partial charge in [-0.1, -0.05) is 84.9 Å². The minimum Gasteiger partial charge on any atom is -0.329 e. The van der Waals surface area contributed by atoms with Gasteiger partial charge >= 0.3 is 0 Å². The van der Waals surface area contributed by atoms with E-state index in [9.17, 15) is 0 Å². The fourth-order valence-corrected chi connectivity index (χ4v) is 12.7. The average molecular weight is 1230 g/mol. The molecule has 0 saturated heterocycles. The highest BCUT2D eigenvalue weighted by Crippen LogP contribution is 2.30. The molecule has 6 aromatic carbocycles. The first kappa shape index (κ1) is 63.8. The molecule has 0 aliphatic rings. The van der Waals surface area contributed by atoms with Crippen LogP contribution in [0.5, 0.6) is 0 Å². The number of imidazole rings is 4. The monoisotopic (exact) mass is 1230 g/mol. The molecule has 0 fully saturated rings. The van der Waals surface area contributed by atoms with Gasteiger partial charge in [0.05, 0.1) is 33.5 Å². The maximum absolute atomic E-state index is 4.87. The molecule has 8 aromatic heterocycles. The van der Waals surface area contributed by atoms with E-state index in [0.717, 1.165) is 79.5 Å². The van der Waals surface area contributed by atoms with Crippen LogP contribution in [-0.4, -0.2) is 38.2 Å². The highest BCUT2D eigenvalue weighted by molar-refractivity contribution is 5.81. The van der Waals surface area contributed by atoms with Crippen LogP contribution in [0.15, 0.2) is 212 Å². The molecule has 466 valence electrons. The zero-order valence-electron chi connectivity index (χ0n) is 57.1. The Kier molecular flexibility index (Phi) is 18.5. The standard InChI is InChI=1S/C23H24N3.C21H20N3.C19H22N3.C18H20N3/c1-15-13-17(3)18(14-16(15)2)20-11-8-12-22(25(20)4)23-24-19-9-6-7-10-21(19)26(23)5;1-15-9-4-5-10-16(15)18-13-8-14-20(23(18)2)21-22-17-11-6-7-12-19(17)24(21)3;1-13-9-6-7-10-16(13)17-11-8-12-18(22(17)5)19-20-14(2)15(3)21(19)4;1-13-8-5-6-9-15(13)16-10-7-11-17(21(16)4)18-19-14(2)12-20(18)3/h6-14H,1-5H3;4-14H,1-3H3;6-12H,1-5H3;5-12H,1-4H3/q4*+1. The average Bonchev–Trinajstić information content (AvgIpc) is 1.77. The summed E-state index contributed by atoms with van der Waals surface area (Å²) >= 11 is 0. The third kappa shape index (κ3) is 12.7. The summed E-state index contributed by atoms with van der Waals surface area (Å²) in [6, 6.07) is 72.1. The first-order valence-electron chi connectivity index (χ1n) is 31.8. The topological polar surface area (TPSA) is 86.8 Å². The highest BCUT2D eigenvalue weighted by atomic mass is 15.1. The highest BCUT2D eigenvalue weighted by Gasteiger charge is 2.26. The minimum absolute atomic E-state index is 0.981. The van der Waals surface area contributed by atoms with E-state index in [1.807, 2.05) is 26.1 Å². The summed E-state index contributed by atoms with van der Waals surface area (Å²) in [7, 11) is 16.7. The maximum Gasteiger partial charge on any atom is 0.248 e. The van der Waals surface area contributed by atoms with Crippen molar-refractivity contribution in [3.63, 3.8) is 0 Å². The van der Waals surface area contributed by atoms with Crippen molar-refractivity contribution in [2.45, 2.75) is 62.3 Å². The van der Waals surface area contributed by atoms with Crippen LogP contribution >= 0.6 is 0 Å². The SMILES string of the molecule is Cc1cc(C)c(-c2cccc(-c3nc4ccccc4n3C)[n+]2C)cc1C.Cc1ccccc1-c1cccc(-c2nc(C)c(C)n2C)[n+]1C.Cc1ccccc1-c1cccc(-c2nc3ccccc3n2C)[n+]1C.Cc1cn(C)c(-c2cccc(-c3ccccc3C)[n+]2C)n1. The zero-order chi connectivity index (χ0) is 65.9. The number of nitrogens with zero attached hydrogens (tertiary/aromatic N) is 12. The second-order valence-corrected chi connectivity index (χ2v) is 24.6. The van der Waals surface area contributed by atoms with Gasteiger partial charge in [0.25, 0.3) is 0 Å². The fourth-order valence-electron chi connectivity index (χ4n) is 12.7. The Bertz CT molecular complexity index is 5090. The van der Waals surface area contributed by atoms with E-state index in [2.05, 4.69) is 347 Å². The number of fused-ring (bicyclic) bond motifs is 2. The van der Waals surface area contributed by atoms with Crippen LogP contribution in [0.4, 0.5) is 0 Å². The Morgan fingerprint density at radius 2 is 0.613 bits per heavy atom. The lowest BCUT2D eigenvalue weighted by molar-refractivity contribution is -0.649. The number of aryl methyl sites for hydroxylation is 11. The van der Waals surface area contributed by atoms with E-state index in [-0.39, 0.29) is 0 Å². The molecular formula is C81H86N12+4. The van der Waals surface area contributed by atoms with E-state index in [1.165, 1.54) is 84.1 Å². The summed E-state index contributed by atoms with van der Waals surface area (Å²) < 4.78 is 17.5. The molecule has 0 N–H and O–H groups in total. The molecule has 0 unspecified atom stereocenters. The van der Waals surface area contributed by atoms with Gasteiger partial charge in [0, 0.05) is 111 Å². The predicted molar refractivity (Wildman–Crippen MR) is 379 cm³/mol. The lowest BCUT2D eigenvalue weighted by Gasteiger charge is -2.10. The van der Waals surface area contributed by atoms with Gasteiger partial charge in [0.2, 0.25) is 68.8 Å². The van der Waals surface area contributed by atoms with Crippen LogP contribution in [0, 0.1) is 62.3 Å². The Labute approximate surface area is 548 Å². The molecule has 14 aromatic rings. The maximum atomic E-state index is 4.87.